The number of methoxy groups -OCH3 is 1. The highest BCUT2D eigenvalue weighted by Crippen LogP contribution is 2.18. The molecule has 2 N–H and O–H groups in total. The molecule has 0 radical (unpaired) electrons. The number of rotatable bonds is 7. The third kappa shape index (κ3) is 4.03. The monoisotopic (exact) mass is 274 g/mol. The molecule has 1 heterocycles. The molecular formula is C16H22N2O2. The van der Waals surface area contributed by atoms with Crippen LogP contribution in [0.15, 0.2) is 42.6 Å². The van der Waals surface area contributed by atoms with Gasteiger partial charge in [-0.15, -0.1) is 0 Å². The van der Waals surface area contributed by atoms with Crippen LogP contribution in [-0.4, -0.2) is 24.3 Å². The molecule has 1 aromatic carbocycles. The maximum absolute atomic E-state index is 5.85. The van der Waals surface area contributed by atoms with E-state index in [9.17, 15) is 0 Å². The Kier molecular flexibility index (Phi) is 5.07. The smallest absolute Gasteiger partial charge is 0.123 e. The Morgan fingerprint density at radius 2 is 2.00 bits per heavy atom. The van der Waals surface area contributed by atoms with Gasteiger partial charge in [0.2, 0.25) is 0 Å². The zero-order valence-electron chi connectivity index (χ0n) is 12.1. The van der Waals surface area contributed by atoms with Gasteiger partial charge in [0, 0.05) is 30.4 Å². The lowest BCUT2D eigenvalue weighted by Crippen LogP contribution is -2.20. The van der Waals surface area contributed by atoms with Crippen LogP contribution < -0.4 is 15.2 Å². The Labute approximate surface area is 120 Å². The summed E-state index contributed by atoms with van der Waals surface area (Å²) in [7, 11) is 1.65. The number of aromatic nitrogens is 1. The predicted octanol–water partition coefficient (Wildman–Crippen LogP) is 2.47. The van der Waals surface area contributed by atoms with Crippen LogP contribution in [0, 0.1) is 0 Å². The number of hydrogen-bond acceptors (Lipinski definition) is 3. The minimum Gasteiger partial charge on any atom is -0.497 e. The molecule has 0 saturated heterocycles. The number of ether oxygens (including phenoxy) is 2. The molecule has 2 rings (SSSR count). The van der Waals surface area contributed by atoms with E-state index in [0.29, 0.717) is 6.61 Å². The van der Waals surface area contributed by atoms with Gasteiger partial charge in [0.1, 0.15) is 18.1 Å². The maximum atomic E-state index is 5.85. The van der Waals surface area contributed by atoms with Gasteiger partial charge in [0.15, 0.2) is 0 Å². The van der Waals surface area contributed by atoms with E-state index >= 15 is 0 Å². The molecule has 0 amide bonds. The van der Waals surface area contributed by atoms with Gasteiger partial charge < -0.3 is 19.8 Å². The fourth-order valence-corrected chi connectivity index (χ4v) is 2.14. The van der Waals surface area contributed by atoms with Crippen molar-refractivity contribution in [3.8, 4) is 11.5 Å². The molecule has 4 nitrogen and oxygen atoms in total. The van der Waals surface area contributed by atoms with Crippen LogP contribution in [0.2, 0.25) is 0 Å². The van der Waals surface area contributed by atoms with Gasteiger partial charge in [-0.1, -0.05) is 6.07 Å². The summed E-state index contributed by atoms with van der Waals surface area (Å²) < 4.78 is 13.1. The van der Waals surface area contributed by atoms with E-state index in [1.165, 1.54) is 5.69 Å². The van der Waals surface area contributed by atoms with E-state index in [1.807, 2.05) is 37.3 Å². The van der Waals surface area contributed by atoms with Crippen LogP contribution >= 0.6 is 0 Å². The summed E-state index contributed by atoms with van der Waals surface area (Å²) in [6.45, 7) is 3.45. The molecule has 1 aromatic heterocycles. The molecule has 0 fully saturated rings. The fourth-order valence-electron chi connectivity index (χ4n) is 2.14. The highest BCUT2D eigenvalue weighted by molar-refractivity contribution is 5.32. The Bertz CT molecular complexity index is 535. The largest absolute Gasteiger partial charge is 0.497 e. The van der Waals surface area contributed by atoms with E-state index in [2.05, 4.69) is 16.8 Å². The topological polar surface area (TPSA) is 49.4 Å². The summed E-state index contributed by atoms with van der Waals surface area (Å²) in [5.41, 5.74) is 7.09. The fraction of sp³-hybridized carbons (Fsp3) is 0.375. The van der Waals surface area contributed by atoms with Crippen molar-refractivity contribution < 1.29 is 9.47 Å². The molecule has 20 heavy (non-hydrogen) atoms. The SMILES string of the molecule is COc1cccc(OCCn2cccc2CC(C)N)c1. The van der Waals surface area contributed by atoms with Crippen LogP contribution in [0.25, 0.3) is 0 Å². The minimum atomic E-state index is 0.169. The molecular weight excluding hydrogens is 252 g/mol. The standard InChI is InChI=1S/C16H22N2O2/c1-13(17)11-14-5-4-8-18(14)9-10-20-16-7-3-6-15(12-16)19-2/h3-8,12-13H,9-11,17H2,1-2H3. The van der Waals surface area contributed by atoms with Crippen LogP contribution in [0.3, 0.4) is 0 Å². The number of hydrogen-bond donors (Lipinski definition) is 1. The highest BCUT2D eigenvalue weighted by atomic mass is 16.5. The summed E-state index contributed by atoms with van der Waals surface area (Å²) in [4.78, 5) is 0. The molecule has 0 aliphatic rings. The number of benzene rings is 1. The van der Waals surface area contributed by atoms with E-state index in [0.717, 1.165) is 24.5 Å². The first kappa shape index (κ1) is 14.5. The van der Waals surface area contributed by atoms with Crippen molar-refractivity contribution in [3.63, 3.8) is 0 Å². The summed E-state index contributed by atoms with van der Waals surface area (Å²) in [5.74, 6) is 1.63. The first-order chi connectivity index (χ1) is 9.69. The predicted molar refractivity (Wildman–Crippen MR) is 80.3 cm³/mol. The van der Waals surface area contributed by atoms with Crippen LogP contribution in [-0.2, 0) is 13.0 Å². The van der Waals surface area contributed by atoms with Crippen molar-refractivity contribution in [1.29, 1.82) is 0 Å². The summed E-state index contributed by atoms with van der Waals surface area (Å²) in [5, 5.41) is 0. The Balaban J connectivity index is 1.88. The first-order valence-electron chi connectivity index (χ1n) is 6.85. The molecule has 108 valence electrons. The molecule has 4 heteroatoms. The second-order valence-corrected chi connectivity index (χ2v) is 4.90. The van der Waals surface area contributed by atoms with Gasteiger partial charge in [0.05, 0.1) is 13.7 Å². The molecule has 2 aromatic rings. The Morgan fingerprint density at radius 3 is 2.75 bits per heavy atom. The third-order valence-corrected chi connectivity index (χ3v) is 3.10. The molecule has 0 spiro atoms. The molecule has 0 aliphatic carbocycles. The number of nitrogens with two attached hydrogens (primary N) is 1. The van der Waals surface area contributed by atoms with Crippen LogP contribution in [0.1, 0.15) is 12.6 Å². The first-order valence-corrected chi connectivity index (χ1v) is 6.85. The normalized spacial score (nSPS) is 12.2. The lowest BCUT2D eigenvalue weighted by Gasteiger charge is -2.12. The van der Waals surface area contributed by atoms with Crippen molar-refractivity contribution >= 4 is 0 Å². The van der Waals surface area contributed by atoms with Crippen molar-refractivity contribution in [1.82, 2.24) is 4.57 Å². The van der Waals surface area contributed by atoms with Gasteiger partial charge >= 0.3 is 0 Å². The Hall–Kier alpha value is -1.94. The summed E-state index contributed by atoms with van der Waals surface area (Å²) in [6, 6.07) is 12.0. The van der Waals surface area contributed by atoms with Gasteiger partial charge in [-0.3, -0.25) is 0 Å². The average Bonchev–Trinajstić information content (AvgIpc) is 2.86. The quantitative estimate of drug-likeness (QED) is 0.843. The zero-order chi connectivity index (χ0) is 14.4. The second-order valence-electron chi connectivity index (χ2n) is 4.90. The summed E-state index contributed by atoms with van der Waals surface area (Å²) in [6.07, 6.45) is 2.94. The highest BCUT2D eigenvalue weighted by Gasteiger charge is 2.04. The summed E-state index contributed by atoms with van der Waals surface area (Å²) >= 11 is 0. The van der Waals surface area contributed by atoms with Crippen molar-refractivity contribution in [2.45, 2.75) is 25.9 Å². The lowest BCUT2D eigenvalue weighted by atomic mass is 10.2. The van der Waals surface area contributed by atoms with Crippen LogP contribution in [0.5, 0.6) is 11.5 Å². The van der Waals surface area contributed by atoms with Crippen molar-refractivity contribution in [3.05, 3.63) is 48.3 Å². The maximum Gasteiger partial charge on any atom is 0.123 e. The third-order valence-electron chi connectivity index (χ3n) is 3.10. The van der Waals surface area contributed by atoms with E-state index in [1.54, 1.807) is 7.11 Å². The van der Waals surface area contributed by atoms with Crippen LogP contribution in [0.4, 0.5) is 0 Å². The zero-order valence-corrected chi connectivity index (χ0v) is 12.1. The van der Waals surface area contributed by atoms with Gasteiger partial charge in [-0.2, -0.15) is 0 Å². The van der Waals surface area contributed by atoms with E-state index in [-0.39, 0.29) is 6.04 Å². The van der Waals surface area contributed by atoms with Gasteiger partial charge in [0.25, 0.3) is 0 Å². The van der Waals surface area contributed by atoms with E-state index < -0.39 is 0 Å². The average molecular weight is 274 g/mol. The minimum absolute atomic E-state index is 0.169. The molecule has 1 unspecified atom stereocenters. The molecule has 0 saturated carbocycles. The molecule has 0 bridgehead atoms. The van der Waals surface area contributed by atoms with Gasteiger partial charge in [-0.25, -0.2) is 0 Å². The van der Waals surface area contributed by atoms with Crippen molar-refractivity contribution in [2.75, 3.05) is 13.7 Å². The molecule has 0 aliphatic heterocycles. The van der Waals surface area contributed by atoms with Gasteiger partial charge in [-0.05, 0) is 31.2 Å². The number of nitrogens with zero attached hydrogens (tertiary/aromatic N) is 1. The van der Waals surface area contributed by atoms with E-state index in [4.69, 9.17) is 15.2 Å². The second kappa shape index (κ2) is 7.01. The molecule has 1 atom stereocenters. The lowest BCUT2D eigenvalue weighted by molar-refractivity contribution is 0.294. The van der Waals surface area contributed by atoms with Crippen molar-refractivity contribution in [2.24, 2.45) is 5.73 Å². The Morgan fingerprint density at radius 1 is 1.20 bits per heavy atom.